The van der Waals surface area contributed by atoms with Crippen molar-refractivity contribution < 1.29 is 14.3 Å². The first kappa shape index (κ1) is 19.7. The van der Waals surface area contributed by atoms with Gasteiger partial charge in [-0.05, 0) is 75.7 Å². The van der Waals surface area contributed by atoms with Gasteiger partial charge in [0.25, 0.3) is 0 Å². The zero-order valence-corrected chi connectivity index (χ0v) is 17.7. The number of ether oxygens (including phenoxy) is 2. The molecule has 1 aliphatic heterocycles. The van der Waals surface area contributed by atoms with Crippen LogP contribution in [-0.2, 0) is 10.2 Å². The summed E-state index contributed by atoms with van der Waals surface area (Å²) in [6.07, 6.45) is 4.86. The molecule has 2 aromatic carbocycles. The number of esters is 1. The van der Waals surface area contributed by atoms with E-state index in [4.69, 9.17) is 9.47 Å². The number of hydrogen-bond acceptors (Lipinski definition) is 4. The molecule has 0 bridgehead atoms. The summed E-state index contributed by atoms with van der Waals surface area (Å²) in [5.74, 6) is 1.44. The van der Waals surface area contributed by atoms with Gasteiger partial charge in [-0.2, -0.15) is 0 Å². The molecule has 1 saturated heterocycles. The molecule has 2 atom stereocenters. The van der Waals surface area contributed by atoms with Crippen LogP contribution in [0.2, 0.25) is 0 Å². The highest BCUT2D eigenvalue weighted by molar-refractivity contribution is 5.90. The average molecular weight is 392 g/mol. The van der Waals surface area contributed by atoms with E-state index >= 15 is 0 Å². The van der Waals surface area contributed by atoms with Gasteiger partial charge in [0, 0.05) is 17.9 Å². The summed E-state index contributed by atoms with van der Waals surface area (Å²) >= 11 is 0. The molecule has 0 amide bonds. The van der Waals surface area contributed by atoms with E-state index in [1.54, 1.807) is 7.11 Å². The number of likely N-dealkylation sites (tertiary alicyclic amines) is 1. The van der Waals surface area contributed by atoms with Crippen LogP contribution in [0.3, 0.4) is 0 Å². The third-order valence-electron chi connectivity index (χ3n) is 6.62. The van der Waals surface area contributed by atoms with Crippen molar-refractivity contribution in [3.05, 3.63) is 76.6 Å². The molecule has 4 rings (SSSR count). The summed E-state index contributed by atoms with van der Waals surface area (Å²) in [5, 5.41) is 0. The fourth-order valence-corrected chi connectivity index (χ4v) is 4.96. The standard InChI is InChI=1S/C25H29NO3/c1-17-6-5-7-19(14-17)24(27)29-21-10-11-25(12-13-26(3)23(25)16-21)20-8-9-22(28-4)18(2)15-20/h5-10,14-15,23H,11-13,16H2,1-4H3. The smallest absolute Gasteiger partial charge is 0.343 e. The Morgan fingerprint density at radius 2 is 2.00 bits per heavy atom. The molecule has 152 valence electrons. The number of likely N-dealkylation sites (N-methyl/N-ethyl adjacent to an activating group) is 1. The van der Waals surface area contributed by atoms with Gasteiger partial charge in [-0.15, -0.1) is 0 Å². The molecule has 4 nitrogen and oxygen atoms in total. The lowest BCUT2D eigenvalue weighted by molar-refractivity contribution is 0.0579. The van der Waals surface area contributed by atoms with Crippen LogP contribution in [0.15, 0.2) is 54.3 Å². The molecule has 1 fully saturated rings. The van der Waals surface area contributed by atoms with Crippen LogP contribution >= 0.6 is 0 Å². The highest BCUT2D eigenvalue weighted by Gasteiger charge is 2.49. The lowest BCUT2D eigenvalue weighted by Crippen LogP contribution is -2.43. The van der Waals surface area contributed by atoms with Gasteiger partial charge in [-0.25, -0.2) is 4.79 Å². The van der Waals surface area contributed by atoms with Crippen molar-refractivity contribution in [2.45, 2.75) is 44.6 Å². The molecule has 0 spiro atoms. The summed E-state index contributed by atoms with van der Waals surface area (Å²) in [6.45, 7) is 5.12. The fourth-order valence-electron chi connectivity index (χ4n) is 4.96. The second-order valence-electron chi connectivity index (χ2n) is 8.42. The fraction of sp³-hybridized carbons (Fsp3) is 0.400. The Morgan fingerprint density at radius 1 is 1.17 bits per heavy atom. The molecule has 29 heavy (non-hydrogen) atoms. The maximum atomic E-state index is 12.6. The van der Waals surface area contributed by atoms with Gasteiger partial charge in [-0.3, -0.25) is 0 Å². The number of carbonyl (C=O) groups is 1. The van der Waals surface area contributed by atoms with Crippen molar-refractivity contribution >= 4 is 5.97 Å². The quantitative estimate of drug-likeness (QED) is 0.703. The van der Waals surface area contributed by atoms with E-state index in [0.717, 1.165) is 48.4 Å². The molecular formula is C25H29NO3. The summed E-state index contributed by atoms with van der Waals surface area (Å²) in [7, 11) is 3.89. The first-order valence-corrected chi connectivity index (χ1v) is 10.3. The van der Waals surface area contributed by atoms with E-state index in [2.05, 4.69) is 43.1 Å². The molecule has 0 aromatic heterocycles. The van der Waals surface area contributed by atoms with Crippen LogP contribution in [0.5, 0.6) is 5.75 Å². The Bertz CT molecular complexity index is 964. The maximum absolute atomic E-state index is 12.6. The van der Waals surface area contributed by atoms with Crippen LogP contribution in [0.25, 0.3) is 0 Å². The van der Waals surface area contributed by atoms with Crippen molar-refractivity contribution in [1.82, 2.24) is 4.90 Å². The van der Waals surface area contributed by atoms with Gasteiger partial charge in [0.15, 0.2) is 0 Å². The summed E-state index contributed by atoms with van der Waals surface area (Å²) in [4.78, 5) is 15.0. The van der Waals surface area contributed by atoms with Gasteiger partial charge in [0.1, 0.15) is 11.5 Å². The number of methoxy groups -OCH3 is 1. The first-order chi connectivity index (χ1) is 13.9. The van der Waals surface area contributed by atoms with Crippen LogP contribution in [-0.4, -0.2) is 37.6 Å². The number of allylic oxidation sites excluding steroid dienone is 1. The molecule has 2 unspecified atom stereocenters. The normalized spacial score (nSPS) is 24.0. The molecular weight excluding hydrogens is 362 g/mol. The van der Waals surface area contributed by atoms with E-state index < -0.39 is 0 Å². The van der Waals surface area contributed by atoms with Crippen LogP contribution in [0, 0.1) is 13.8 Å². The number of carbonyl (C=O) groups excluding carboxylic acids is 1. The minimum Gasteiger partial charge on any atom is -0.496 e. The van der Waals surface area contributed by atoms with E-state index in [1.165, 1.54) is 5.56 Å². The summed E-state index contributed by atoms with van der Waals surface area (Å²) in [6, 6.07) is 14.4. The first-order valence-electron chi connectivity index (χ1n) is 10.3. The third-order valence-corrected chi connectivity index (χ3v) is 6.62. The van der Waals surface area contributed by atoms with Crippen LogP contribution in [0.1, 0.15) is 46.3 Å². The summed E-state index contributed by atoms with van der Waals surface area (Å²) < 4.78 is 11.3. The maximum Gasteiger partial charge on any atom is 0.343 e. The van der Waals surface area contributed by atoms with Crippen LogP contribution in [0.4, 0.5) is 0 Å². The molecule has 1 heterocycles. The monoisotopic (exact) mass is 391 g/mol. The van der Waals surface area contributed by atoms with Crippen molar-refractivity contribution in [3.63, 3.8) is 0 Å². The van der Waals surface area contributed by atoms with Gasteiger partial charge >= 0.3 is 5.97 Å². The third kappa shape index (κ3) is 3.58. The predicted octanol–water partition coefficient (Wildman–Crippen LogP) is 4.79. The van der Waals surface area contributed by atoms with E-state index in [-0.39, 0.29) is 11.4 Å². The summed E-state index contributed by atoms with van der Waals surface area (Å²) in [5.41, 5.74) is 4.24. The zero-order valence-electron chi connectivity index (χ0n) is 17.7. The molecule has 0 radical (unpaired) electrons. The van der Waals surface area contributed by atoms with Crippen molar-refractivity contribution in [2.24, 2.45) is 0 Å². The molecule has 1 aliphatic carbocycles. The lowest BCUT2D eigenvalue weighted by atomic mass is 9.68. The van der Waals surface area contributed by atoms with Crippen molar-refractivity contribution in [3.8, 4) is 5.75 Å². The van der Waals surface area contributed by atoms with Gasteiger partial charge < -0.3 is 14.4 Å². The Hall–Kier alpha value is -2.59. The topological polar surface area (TPSA) is 38.8 Å². The Balaban J connectivity index is 1.59. The molecule has 2 aromatic rings. The minimum atomic E-state index is -0.270. The van der Waals surface area contributed by atoms with E-state index in [1.807, 2.05) is 31.2 Å². The zero-order chi connectivity index (χ0) is 20.6. The predicted molar refractivity (Wildman–Crippen MR) is 114 cm³/mol. The Kier molecular flexibility index (Phi) is 5.22. The molecule has 4 heteroatoms. The van der Waals surface area contributed by atoms with Crippen molar-refractivity contribution in [1.29, 1.82) is 0 Å². The Labute approximate surface area is 173 Å². The van der Waals surface area contributed by atoms with Gasteiger partial charge in [0.2, 0.25) is 0 Å². The number of aryl methyl sites for hydroxylation is 2. The largest absolute Gasteiger partial charge is 0.496 e. The van der Waals surface area contributed by atoms with Crippen molar-refractivity contribution in [2.75, 3.05) is 20.7 Å². The number of hydrogen-bond donors (Lipinski definition) is 0. The molecule has 0 N–H and O–H groups in total. The Morgan fingerprint density at radius 3 is 2.72 bits per heavy atom. The number of benzene rings is 2. The minimum absolute atomic E-state index is 0.0605. The highest BCUT2D eigenvalue weighted by atomic mass is 16.5. The lowest BCUT2D eigenvalue weighted by Gasteiger charge is -2.40. The number of fused-ring (bicyclic) bond motifs is 1. The van der Waals surface area contributed by atoms with E-state index in [0.29, 0.717) is 11.6 Å². The molecule has 0 saturated carbocycles. The van der Waals surface area contributed by atoms with Gasteiger partial charge in [-0.1, -0.05) is 29.8 Å². The second-order valence-corrected chi connectivity index (χ2v) is 8.42. The average Bonchev–Trinajstić information content (AvgIpc) is 3.05. The second kappa shape index (κ2) is 7.68. The van der Waals surface area contributed by atoms with E-state index in [9.17, 15) is 4.79 Å². The molecule has 2 aliphatic rings. The highest BCUT2D eigenvalue weighted by Crippen LogP contribution is 2.48. The SMILES string of the molecule is COc1ccc(C23CC=C(OC(=O)c4cccc(C)c4)CC2N(C)CC3)cc1C. The van der Waals surface area contributed by atoms with Gasteiger partial charge in [0.05, 0.1) is 12.7 Å². The van der Waals surface area contributed by atoms with Crippen LogP contribution < -0.4 is 4.74 Å². The number of nitrogens with zero attached hydrogens (tertiary/aromatic N) is 1. The number of rotatable bonds is 4.